The van der Waals surface area contributed by atoms with Gasteiger partial charge >= 0.3 is 21.1 Å². The Hall–Kier alpha value is -5.57. The van der Waals surface area contributed by atoms with Gasteiger partial charge in [-0.1, -0.05) is 130 Å². The van der Waals surface area contributed by atoms with Crippen molar-refractivity contribution >= 4 is 22.4 Å². The molecule has 2 heterocycles. The number of pyridine rings is 1. The van der Waals surface area contributed by atoms with Crippen molar-refractivity contribution in [3.8, 4) is 50.7 Å². The third kappa shape index (κ3) is 6.93. The summed E-state index contributed by atoms with van der Waals surface area (Å²) in [7, 11) is 0. The van der Waals surface area contributed by atoms with Gasteiger partial charge in [0.05, 0.1) is 16.7 Å². The molecule has 5 heteroatoms. The fourth-order valence-electron chi connectivity index (χ4n) is 6.40. The van der Waals surface area contributed by atoms with Gasteiger partial charge in [-0.25, -0.2) is 4.98 Å². The number of fused-ring (bicyclic) bond motifs is 1. The van der Waals surface area contributed by atoms with Gasteiger partial charge in [-0.15, -0.1) is 47.3 Å². The molecule has 8 aromatic rings. The van der Waals surface area contributed by atoms with Crippen molar-refractivity contribution in [1.29, 1.82) is 0 Å². The molecule has 2 aromatic heterocycles. The van der Waals surface area contributed by atoms with E-state index in [1.54, 1.807) is 0 Å². The smallest absolute Gasteiger partial charge is 0.657 e. The van der Waals surface area contributed by atoms with E-state index in [0.717, 1.165) is 73.1 Å². The summed E-state index contributed by atoms with van der Waals surface area (Å²) in [5, 5.41) is 5.43. The summed E-state index contributed by atoms with van der Waals surface area (Å²) in [6, 6.07) is 59.8. The van der Waals surface area contributed by atoms with Crippen molar-refractivity contribution in [3.05, 3.63) is 181 Å². The van der Waals surface area contributed by atoms with E-state index in [9.17, 15) is 0 Å². The fraction of sp³-hybridized carbons (Fsp3) is 0.0870. The maximum atomic E-state index is 5.43. The van der Waals surface area contributed by atoms with Gasteiger partial charge in [0.15, 0.2) is 0 Å². The van der Waals surface area contributed by atoms with Crippen molar-refractivity contribution < 1.29 is 21.1 Å². The van der Waals surface area contributed by atoms with Gasteiger partial charge in [0.1, 0.15) is 5.82 Å². The predicted molar refractivity (Wildman–Crippen MR) is 207 cm³/mol. The zero-order valence-electron chi connectivity index (χ0n) is 28.7. The molecule has 0 radical (unpaired) electrons. The third-order valence-corrected chi connectivity index (χ3v) is 9.02. The second kappa shape index (κ2) is 14.3. The van der Waals surface area contributed by atoms with Gasteiger partial charge in [-0.3, -0.25) is 9.55 Å². The maximum Gasteiger partial charge on any atom is 2.00 e. The van der Waals surface area contributed by atoms with E-state index < -0.39 is 0 Å². The van der Waals surface area contributed by atoms with Crippen molar-refractivity contribution in [2.24, 2.45) is 0 Å². The van der Waals surface area contributed by atoms with Crippen LogP contribution in [0.2, 0.25) is 0 Å². The number of rotatable bonds is 7. The standard InChI is InChI=1S/C46H36N4.Pt/c1-46(2,3)35-27-28-40(38(31-35)43-30-34(32-17-7-4-8-18-32)29-42(48-43)33-19-9-5-10-20-33)47-39-24-14-13-23-37(39)45-49-41-25-15-16-26-44(41)50(45)36-21-11-6-12-22-36;/h4-19,21-31H,1-3H3;/q-2;+2. The first kappa shape index (κ1) is 33.9. The second-order valence-corrected chi connectivity index (χ2v) is 13.5. The van der Waals surface area contributed by atoms with Gasteiger partial charge in [-0.05, 0) is 63.7 Å². The van der Waals surface area contributed by atoms with Crippen LogP contribution in [0.25, 0.3) is 67.1 Å². The van der Waals surface area contributed by atoms with Gasteiger partial charge in [0, 0.05) is 11.3 Å². The Bertz CT molecular complexity index is 2370. The van der Waals surface area contributed by atoms with Crippen molar-refractivity contribution in [2.75, 3.05) is 0 Å². The van der Waals surface area contributed by atoms with Crippen molar-refractivity contribution in [3.63, 3.8) is 0 Å². The fourth-order valence-corrected chi connectivity index (χ4v) is 6.40. The minimum absolute atomic E-state index is 0. The molecule has 0 aliphatic heterocycles. The number of nitrogens with zero attached hydrogens (tertiary/aromatic N) is 4. The van der Waals surface area contributed by atoms with E-state index >= 15 is 0 Å². The summed E-state index contributed by atoms with van der Waals surface area (Å²) in [4.78, 5) is 10.4. The van der Waals surface area contributed by atoms with E-state index in [4.69, 9.17) is 15.3 Å². The van der Waals surface area contributed by atoms with E-state index in [0.29, 0.717) is 0 Å². The summed E-state index contributed by atoms with van der Waals surface area (Å²) in [6.45, 7) is 6.72. The summed E-state index contributed by atoms with van der Waals surface area (Å²) in [6.07, 6.45) is 0. The van der Waals surface area contributed by atoms with E-state index in [-0.39, 0.29) is 26.5 Å². The van der Waals surface area contributed by atoms with Crippen LogP contribution in [-0.4, -0.2) is 14.5 Å². The van der Waals surface area contributed by atoms with Crippen LogP contribution in [0.4, 0.5) is 11.4 Å². The van der Waals surface area contributed by atoms with Crippen LogP contribution in [0.1, 0.15) is 26.3 Å². The first-order valence-electron chi connectivity index (χ1n) is 17.0. The molecule has 250 valence electrons. The van der Waals surface area contributed by atoms with Gasteiger partial charge in [-0.2, -0.15) is 0 Å². The molecule has 4 nitrogen and oxygen atoms in total. The van der Waals surface area contributed by atoms with Gasteiger partial charge in [0.25, 0.3) is 0 Å². The Labute approximate surface area is 314 Å². The summed E-state index contributed by atoms with van der Waals surface area (Å²) in [5.74, 6) is 0.843. The topological polar surface area (TPSA) is 44.8 Å². The van der Waals surface area contributed by atoms with E-state index in [2.05, 4.69) is 153 Å². The summed E-state index contributed by atoms with van der Waals surface area (Å²) in [5.41, 5.74) is 12.7. The van der Waals surface area contributed by atoms with Crippen LogP contribution in [0.5, 0.6) is 0 Å². The average molecular weight is 840 g/mol. The van der Waals surface area contributed by atoms with Crippen LogP contribution < -0.4 is 0 Å². The Morgan fingerprint density at radius 1 is 0.569 bits per heavy atom. The Kier molecular flexibility index (Phi) is 9.54. The molecule has 0 unspecified atom stereocenters. The molecule has 0 aliphatic rings. The Morgan fingerprint density at radius 2 is 1.24 bits per heavy atom. The quantitative estimate of drug-likeness (QED) is 0.150. The van der Waals surface area contributed by atoms with Crippen molar-refractivity contribution in [2.45, 2.75) is 26.2 Å². The average Bonchev–Trinajstić information content (AvgIpc) is 3.55. The number of hydrogen-bond donors (Lipinski definition) is 0. The van der Waals surface area contributed by atoms with E-state index in [1.807, 2.05) is 42.5 Å². The number of benzene rings is 6. The van der Waals surface area contributed by atoms with E-state index in [1.165, 1.54) is 5.56 Å². The molecule has 0 aliphatic carbocycles. The molecular formula is C46H36N4Pt. The molecule has 0 bridgehead atoms. The molecule has 51 heavy (non-hydrogen) atoms. The minimum atomic E-state index is -0.0706. The van der Waals surface area contributed by atoms with Crippen molar-refractivity contribution in [1.82, 2.24) is 14.5 Å². The second-order valence-electron chi connectivity index (χ2n) is 13.5. The molecule has 0 N–H and O–H groups in total. The first-order chi connectivity index (χ1) is 24.4. The largest absolute Gasteiger partial charge is 2.00 e. The number of hydrogen-bond acceptors (Lipinski definition) is 2. The molecular weight excluding hydrogens is 804 g/mol. The van der Waals surface area contributed by atoms with Crippen LogP contribution in [0.15, 0.2) is 164 Å². The molecule has 0 atom stereocenters. The molecule has 8 rings (SSSR count). The van der Waals surface area contributed by atoms with Crippen LogP contribution in [0, 0.1) is 6.07 Å². The molecule has 0 saturated carbocycles. The molecule has 6 aromatic carbocycles. The summed E-state index contributed by atoms with van der Waals surface area (Å²) < 4.78 is 2.22. The number of aromatic nitrogens is 3. The Morgan fingerprint density at radius 3 is 2.00 bits per heavy atom. The SMILES string of the molecule is CC(C)(C)c1ccc([N-]c2ccccc2-c2nc3ccccc3n2-c2ccccc2)c(-c2cc(-c3ccccc3)cc(-c3[c-]cccc3)n2)c1.[Pt+2]. The molecule has 0 spiro atoms. The zero-order valence-corrected chi connectivity index (χ0v) is 31.0. The number of imidazole rings is 1. The first-order valence-corrected chi connectivity index (χ1v) is 17.0. The normalized spacial score (nSPS) is 11.3. The van der Waals surface area contributed by atoms with Gasteiger partial charge < -0.3 is 5.32 Å². The monoisotopic (exact) mass is 839 g/mol. The zero-order chi connectivity index (χ0) is 34.1. The van der Waals surface area contributed by atoms with Crippen LogP contribution in [-0.2, 0) is 26.5 Å². The Balaban J connectivity index is 0.00000406. The maximum absolute atomic E-state index is 5.43. The van der Waals surface area contributed by atoms with Crippen LogP contribution >= 0.6 is 0 Å². The minimum Gasteiger partial charge on any atom is -0.657 e. The molecule has 0 fully saturated rings. The summed E-state index contributed by atoms with van der Waals surface area (Å²) >= 11 is 0. The molecule has 0 saturated heterocycles. The predicted octanol–water partition coefficient (Wildman–Crippen LogP) is 12.5. The number of para-hydroxylation sites is 4. The van der Waals surface area contributed by atoms with Gasteiger partial charge in [0.2, 0.25) is 0 Å². The molecule has 0 amide bonds. The van der Waals surface area contributed by atoms with Crippen LogP contribution in [0.3, 0.4) is 0 Å². The third-order valence-electron chi connectivity index (χ3n) is 9.02.